The number of hydrogen-bond acceptors (Lipinski definition) is 5. The number of fused-ring (bicyclic) bond motifs is 1. The molecule has 0 aliphatic heterocycles. The lowest BCUT2D eigenvalue weighted by Crippen LogP contribution is -2.34. The molecule has 0 saturated carbocycles. The first-order valence-corrected chi connectivity index (χ1v) is 7.77. The van der Waals surface area contributed by atoms with Gasteiger partial charge in [0.2, 0.25) is 5.43 Å². The number of carboxylic acids is 1. The van der Waals surface area contributed by atoms with Crippen LogP contribution in [0, 0.1) is 5.82 Å². The second-order valence-corrected chi connectivity index (χ2v) is 5.83. The van der Waals surface area contributed by atoms with Gasteiger partial charge in [0, 0.05) is 12.0 Å². The second kappa shape index (κ2) is 8.03. The highest BCUT2D eigenvalue weighted by molar-refractivity contribution is 5.85. The first-order chi connectivity index (χ1) is 13.1. The monoisotopic (exact) mass is 433 g/mol. The van der Waals surface area contributed by atoms with E-state index < -0.39 is 41.1 Å². The summed E-state index contributed by atoms with van der Waals surface area (Å²) >= 11 is 0. The Morgan fingerprint density at radius 1 is 1.10 bits per heavy atom. The number of rotatable bonds is 4. The summed E-state index contributed by atoms with van der Waals surface area (Å²) in [7, 11) is 0. The average molecular weight is 434 g/mol. The summed E-state index contributed by atoms with van der Waals surface area (Å²) in [5, 5.41) is 22.2. The molecule has 12 heteroatoms. The smallest absolute Gasteiger partial charge is 0.416 e. The van der Waals surface area contributed by atoms with Crippen molar-refractivity contribution in [3.05, 3.63) is 57.5 Å². The highest BCUT2D eigenvalue weighted by Gasteiger charge is 2.31. The van der Waals surface area contributed by atoms with Crippen LogP contribution in [0.4, 0.5) is 17.6 Å². The Morgan fingerprint density at radius 2 is 1.79 bits per heavy atom. The van der Waals surface area contributed by atoms with E-state index in [-0.39, 0.29) is 41.0 Å². The fourth-order valence-electron chi connectivity index (χ4n) is 2.69. The summed E-state index contributed by atoms with van der Waals surface area (Å²) in [6, 6.07) is 2.69. The topological polar surface area (TPSA) is 105 Å². The van der Waals surface area contributed by atoms with E-state index in [4.69, 9.17) is 5.11 Å². The Bertz CT molecular complexity index is 1190. The largest absolute Gasteiger partial charge is 0.510 e. The molecule has 0 amide bonds. The second-order valence-electron chi connectivity index (χ2n) is 5.83. The van der Waals surface area contributed by atoms with Crippen molar-refractivity contribution < 1.29 is 32.6 Å². The Balaban J connectivity index is 0.00000300. The molecule has 154 valence electrons. The zero-order chi connectivity index (χ0) is 20.6. The third-order valence-corrected chi connectivity index (χ3v) is 3.89. The molecule has 0 bridgehead atoms. The Morgan fingerprint density at radius 3 is 2.41 bits per heavy atom. The van der Waals surface area contributed by atoms with Crippen LogP contribution in [0.25, 0.3) is 22.5 Å². The van der Waals surface area contributed by atoms with Gasteiger partial charge in [-0.2, -0.15) is 18.3 Å². The number of hydrogen-bond donors (Lipinski definition) is 2. The normalized spacial score (nSPS) is 12.6. The number of aromatic nitrogens is 3. The molecule has 0 saturated heterocycles. The Hall–Kier alpha value is -3.21. The van der Waals surface area contributed by atoms with Crippen molar-refractivity contribution in [2.75, 3.05) is 0 Å². The highest BCUT2D eigenvalue weighted by atomic mass is 35.5. The molecule has 1 aromatic carbocycles. The van der Waals surface area contributed by atoms with Gasteiger partial charge in [-0.25, -0.2) is 13.9 Å². The van der Waals surface area contributed by atoms with Crippen molar-refractivity contribution in [1.82, 2.24) is 14.6 Å². The number of halogens is 5. The molecular formula is C17H12ClF4N3O4. The number of carboxylic acid groups (broad SMARTS) is 1. The third kappa shape index (κ3) is 4.45. The van der Waals surface area contributed by atoms with Crippen LogP contribution in [-0.2, 0) is 11.0 Å². The van der Waals surface area contributed by atoms with Gasteiger partial charge in [0.1, 0.15) is 17.9 Å². The van der Waals surface area contributed by atoms with Crippen molar-refractivity contribution in [3.63, 3.8) is 0 Å². The van der Waals surface area contributed by atoms with Crippen LogP contribution in [0.5, 0.6) is 0 Å². The van der Waals surface area contributed by atoms with E-state index in [9.17, 15) is 32.3 Å². The number of pyridine rings is 1. The molecule has 2 aromatic heterocycles. The Kier molecular flexibility index (Phi) is 6.12. The van der Waals surface area contributed by atoms with Gasteiger partial charge in [-0.05, 0) is 29.8 Å². The summed E-state index contributed by atoms with van der Waals surface area (Å²) in [6.07, 6.45) is -4.63. The van der Waals surface area contributed by atoms with Crippen molar-refractivity contribution >= 4 is 29.8 Å². The molecule has 3 rings (SSSR count). The predicted octanol–water partition coefficient (Wildman–Crippen LogP) is 2.59. The van der Waals surface area contributed by atoms with Gasteiger partial charge in [-0.1, -0.05) is 0 Å². The van der Waals surface area contributed by atoms with Crippen LogP contribution in [0.2, 0.25) is 0 Å². The van der Waals surface area contributed by atoms with Crippen LogP contribution in [0.1, 0.15) is 18.4 Å². The zero-order valence-electron chi connectivity index (χ0n) is 14.3. The van der Waals surface area contributed by atoms with E-state index in [1.807, 2.05) is 0 Å². The van der Waals surface area contributed by atoms with Gasteiger partial charge < -0.3 is 10.2 Å². The van der Waals surface area contributed by atoms with Gasteiger partial charge in [0.05, 0.1) is 12.0 Å². The fourth-order valence-corrected chi connectivity index (χ4v) is 2.69. The number of carbonyl (C=O) groups is 1. The summed E-state index contributed by atoms with van der Waals surface area (Å²) in [6.45, 7) is 0. The molecule has 29 heavy (non-hydrogen) atoms. The summed E-state index contributed by atoms with van der Waals surface area (Å²) < 4.78 is 53.5. The predicted molar refractivity (Wildman–Crippen MR) is 95.0 cm³/mol. The van der Waals surface area contributed by atoms with Crippen LogP contribution in [-0.4, -0.2) is 30.8 Å². The van der Waals surface area contributed by atoms with Crippen molar-refractivity contribution in [2.45, 2.75) is 19.0 Å². The molecule has 0 unspecified atom stereocenters. The zero-order valence-corrected chi connectivity index (χ0v) is 15.1. The number of benzene rings is 1. The van der Waals surface area contributed by atoms with Crippen molar-refractivity contribution in [2.24, 2.45) is 0 Å². The van der Waals surface area contributed by atoms with E-state index in [1.54, 1.807) is 0 Å². The standard InChI is InChI=1S/C17H11F4N3O4.ClH/c18-10-4-8(3-9(5-10)17(19,20)21)11-6-13(26)15(12(25)1-2-14(27)28)24-16(11)22-7-23-24;/h3-7,25H,1-2H2,(H,27,28);1H. The quantitative estimate of drug-likeness (QED) is 0.613. The molecule has 3 aromatic rings. The third-order valence-electron chi connectivity index (χ3n) is 3.89. The van der Waals surface area contributed by atoms with Gasteiger partial charge in [0.25, 0.3) is 0 Å². The number of nitrogens with zero attached hydrogens (tertiary/aromatic N) is 3. The molecule has 0 radical (unpaired) electrons. The van der Waals surface area contributed by atoms with E-state index in [0.717, 1.165) is 23.0 Å². The van der Waals surface area contributed by atoms with Crippen LogP contribution in [0.3, 0.4) is 0 Å². The molecular weight excluding hydrogens is 422 g/mol. The minimum Gasteiger partial charge on any atom is -0.510 e. The number of alkyl halides is 3. The molecule has 2 N–H and O–H groups in total. The molecule has 0 atom stereocenters. The summed E-state index contributed by atoms with van der Waals surface area (Å²) in [4.78, 5) is 27.0. The lowest BCUT2D eigenvalue weighted by Gasteiger charge is -2.10. The lowest BCUT2D eigenvalue weighted by molar-refractivity contribution is -0.138. The Labute approximate surface area is 165 Å². The number of aliphatic carboxylic acids is 1. The van der Waals surface area contributed by atoms with Gasteiger partial charge in [-0.15, -0.1) is 12.4 Å². The van der Waals surface area contributed by atoms with E-state index in [2.05, 4.69) is 10.1 Å². The van der Waals surface area contributed by atoms with Gasteiger partial charge in [0.15, 0.2) is 11.0 Å². The maximum atomic E-state index is 13.7. The maximum absolute atomic E-state index is 13.7. The highest BCUT2D eigenvalue weighted by Crippen LogP contribution is 2.33. The van der Waals surface area contributed by atoms with Crippen LogP contribution >= 0.6 is 12.4 Å². The first kappa shape index (κ1) is 22.1. The van der Waals surface area contributed by atoms with E-state index in [0.29, 0.717) is 12.1 Å². The fraction of sp³-hybridized carbons (Fsp3) is 0.176. The van der Waals surface area contributed by atoms with Gasteiger partial charge in [-0.3, -0.25) is 9.59 Å². The van der Waals surface area contributed by atoms with Crippen molar-refractivity contribution in [3.8, 4) is 11.1 Å². The van der Waals surface area contributed by atoms with Crippen molar-refractivity contribution in [1.29, 1.82) is 0 Å². The summed E-state index contributed by atoms with van der Waals surface area (Å²) in [5.41, 5.74) is -2.56. The van der Waals surface area contributed by atoms with E-state index >= 15 is 0 Å². The maximum Gasteiger partial charge on any atom is 0.416 e. The molecule has 0 aliphatic rings. The first-order valence-electron chi connectivity index (χ1n) is 7.77. The minimum absolute atomic E-state index is 0. The minimum atomic E-state index is -4.80. The van der Waals surface area contributed by atoms with Gasteiger partial charge >= 0.3 is 12.1 Å². The lowest BCUT2D eigenvalue weighted by atomic mass is 10.0. The van der Waals surface area contributed by atoms with Crippen LogP contribution < -0.4 is 10.8 Å². The van der Waals surface area contributed by atoms with E-state index in [1.165, 1.54) is 0 Å². The number of aliphatic hydroxyl groups excluding tert-OH is 1. The average Bonchev–Trinajstić information content (AvgIpc) is 3.06. The molecule has 2 heterocycles. The van der Waals surface area contributed by atoms with Crippen LogP contribution in [0.15, 0.2) is 35.4 Å². The SMILES string of the molecule is Cl.O=C(O)CCC(O)=c1c(=O)cc(-c2cc(F)cc(C(F)(F)F)c2)c2ncnn12. The summed E-state index contributed by atoms with van der Waals surface area (Å²) in [5.74, 6) is -2.93. The molecule has 7 nitrogen and oxygen atoms in total. The number of aliphatic hydroxyl groups is 1. The molecule has 0 aliphatic carbocycles. The molecule has 0 spiro atoms. The molecule has 0 fully saturated rings.